The summed E-state index contributed by atoms with van der Waals surface area (Å²) in [6, 6.07) is 10.1. The van der Waals surface area contributed by atoms with E-state index in [-0.39, 0.29) is 16.6 Å². The van der Waals surface area contributed by atoms with Crippen LogP contribution in [-0.2, 0) is 4.74 Å². The number of carbonyl (C=O) groups is 1. The number of nitrogens with zero attached hydrogens (tertiary/aromatic N) is 2. The number of hydrogen-bond donors (Lipinski definition) is 1. The first kappa shape index (κ1) is 15.3. The highest BCUT2D eigenvalue weighted by atomic mass is 32.2. The Bertz CT molecular complexity index is 620. The number of ether oxygens (including phenoxy) is 1. The molecule has 1 unspecified atom stereocenters. The first-order valence-electron chi connectivity index (χ1n) is 6.63. The van der Waals surface area contributed by atoms with Gasteiger partial charge < -0.3 is 10.5 Å². The Labute approximate surface area is 127 Å². The van der Waals surface area contributed by atoms with Gasteiger partial charge in [0.15, 0.2) is 5.16 Å². The quantitative estimate of drug-likeness (QED) is 0.519. The van der Waals surface area contributed by atoms with E-state index in [1.54, 1.807) is 6.92 Å². The Balaban J connectivity index is 2.12. The fraction of sp³-hybridized carbons (Fsp3) is 0.267. The number of carbonyl (C=O) groups excluding carboxylic acids is 1. The highest BCUT2D eigenvalue weighted by Crippen LogP contribution is 2.32. The molecule has 2 rings (SSSR count). The lowest BCUT2D eigenvalue weighted by molar-refractivity contribution is 0.0526. The van der Waals surface area contributed by atoms with Crippen LogP contribution in [0, 0.1) is 0 Å². The summed E-state index contributed by atoms with van der Waals surface area (Å²) in [6.45, 7) is 4.10. The average Bonchev–Trinajstić information content (AvgIpc) is 2.48. The van der Waals surface area contributed by atoms with Gasteiger partial charge in [-0.15, -0.1) is 0 Å². The fourth-order valence-corrected chi connectivity index (χ4v) is 2.63. The van der Waals surface area contributed by atoms with Gasteiger partial charge in [-0.3, -0.25) is 0 Å². The lowest BCUT2D eigenvalue weighted by atomic mass is 10.2. The van der Waals surface area contributed by atoms with Crippen molar-refractivity contribution < 1.29 is 9.53 Å². The first-order valence-corrected chi connectivity index (χ1v) is 7.51. The van der Waals surface area contributed by atoms with Crippen molar-refractivity contribution in [1.82, 2.24) is 9.97 Å². The molecular weight excluding hydrogens is 286 g/mol. The number of rotatable bonds is 5. The number of aromatic nitrogens is 2. The molecule has 110 valence electrons. The second-order valence-electron chi connectivity index (χ2n) is 4.34. The van der Waals surface area contributed by atoms with Crippen molar-refractivity contribution in [2.45, 2.75) is 24.3 Å². The summed E-state index contributed by atoms with van der Waals surface area (Å²) >= 11 is 1.49. The summed E-state index contributed by atoms with van der Waals surface area (Å²) in [6.07, 6.45) is 1.42. The molecule has 0 aliphatic heterocycles. The van der Waals surface area contributed by atoms with E-state index in [0.29, 0.717) is 11.8 Å². The van der Waals surface area contributed by atoms with Crippen LogP contribution in [0.2, 0.25) is 0 Å². The Morgan fingerprint density at radius 1 is 1.38 bits per heavy atom. The van der Waals surface area contributed by atoms with Crippen LogP contribution in [0.5, 0.6) is 0 Å². The number of benzene rings is 1. The van der Waals surface area contributed by atoms with Gasteiger partial charge in [0, 0.05) is 11.4 Å². The maximum Gasteiger partial charge on any atom is 0.343 e. The monoisotopic (exact) mass is 303 g/mol. The van der Waals surface area contributed by atoms with Crippen molar-refractivity contribution >= 4 is 23.5 Å². The Hall–Kier alpha value is -2.08. The van der Waals surface area contributed by atoms with Crippen LogP contribution in [0.25, 0.3) is 0 Å². The van der Waals surface area contributed by atoms with Gasteiger partial charge in [-0.2, -0.15) is 0 Å². The van der Waals surface area contributed by atoms with Gasteiger partial charge in [0.05, 0.1) is 6.61 Å². The van der Waals surface area contributed by atoms with Gasteiger partial charge in [-0.25, -0.2) is 14.8 Å². The molecule has 2 aromatic rings. The molecule has 1 heterocycles. The molecule has 1 atom stereocenters. The van der Waals surface area contributed by atoms with Crippen LogP contribution < -0.4 is 5.73 Å². The van der Waals surface area contributed by atoms with Gasteiger partial charge in [0.2, 0.25) is 0 Å². The van der Waals surface area contributed by atoms with Crippen LogP contribution >= 0.6 is 11.8 Å². The number of esters is 1. The van der Waals surface area contributed by atoms with E-state index in [9.17, 15) is 4.79 Å². The summed E-state index contributed by atoms with van der Waals surface area (Å²) < 4.78 is 4.89. The number of hydrogen-bond acceptors (Lipinski definition) is 6. The van der Waals surface area contributed by atoms with Crippen molar-refractivity contribution in [3.05, 3.63) is 47.7 Å². The van der Waals surface area contributed by atoms with Crippen molar-refractivity contribution in [2.24, 2.45) is 0 Å². The predicted molar refractivity (Wildman–Crippen MR) is 83.1 cm³/mol. The maximum atomic E-state index is 11.6. The zero-order valence-electron chi connectivity index (χ0n) is 11.9. The molecule has 1 aromatic carbocycles. The van der Waals surface area contributed by atoms with E-state index < -0.39 is 5.97 Å². The van der Waals surface area contributed by atoms with E-state index in [4.69, 9.17) is 10.5 Å². The molecule has 0 fully saturated rings. The smallest absolute Gasteiger partial charge is 0.343 e. The highest BCUT2D eigenvalue weighted by Gasteiger charge is 2.15. The third-order valence-electron chi connectivity index (χ3n) is 2.84. The number of thioether (sulfide) groups is 1. The standard InChI is InChI=1S/C15H17N3O2S/c1-3-20-14(19)12-9-17-15(18-13(12)16)21-10(2)11-7-5-4-6-8-11/h4-10H,3H2,1-2H3,(H2,16,17,18). The Morgan fingerprint density at radius 3 is 2.71 bits per heavy atom. The first-order chi connectivity index (χ1) is 10.1. The average molecular weight is 303 g/mol. The summed E-state index contributed by atoms with van der Waals surface area (Å²) in [4.78, 5) is 20.0. The van der Waals surface area contributed by atoms with E-state index in [0.717, 1.165) is 0 Å². The van der Waals surface area contributed by atoms with Crippen molar-refractivity contribution in [3.8, 4) is 0 Å². The van der Waals surface area contributed by atoms with Crippen LogP contribution in [0.3, 0.4) is 0 Å². The predicted octanol–water partition coefficient (Wildman–Crippen LogP) is 3.09. The van der Waals surface area contributed by atoms with Crippen molar-refractivity contribution in [2.75, 3.05) is 12.3 Å². The molecule has 6 heteroatoms. The largest absolute Gasteiger partial charge is 0.462 e. The van der Waals surface area contributed by atoms with Crippen molar-refractivity contribution in [3.63, 3.8) is 0 Å². The molecule has 0 spiro atoms. The normalized spacial score (nSPS) is 11.9. The van der Waals surface area contributed by atoms with E-state index in [1.807, 2.05) is 30.3 Å². The molecule has 5 nitrogen and oxygen atoms in total. The lowest BCUT2D eigenvalue weighted by Crippen LogP contribution is -2.10. The zero-order chi connectivity index (χ0) is 15.2. The van der Waals surface area contributed by atoms with E-state index in [1.165, 1.54) is 23.5 Å². The third-order valence-corrected chi connectivity index (χ3v) is 3.88. The molecule has 21 heavy (non-hydrogen) atoms. The summed E-state index contributed by atoms with van der Waals surface area (Å²) in [5.41, 5.74) is 7.18. The summed E-state index contributed by atoms with van der Waals surface area (Å²) in [5.74, 6) is -0.353. The van der Waals surface area contributed by atoms with Crippen LogP contribution in [0.15, 0.2) is 41.7 Å². The molecule has 0 amide bonds. The lowest BCUT2D eigenvalue weighted by Gasteiger charge is -2.11. The number of nitrogens with two attached hydrogens (primary N) is 1. The molecule has 0 saturated heterocycles. The molecule has 1 aromatic heterocycles. The minimum Gasteiger partial charge on any atom is -0.462 e. The van der Waals surface area contributed by atoms with E-state index >= 15 is 0 Å². The summed E-state index contributed by atoms with van der Waals surface area (Å²) in [7, 11) is 0. The molecular formula is C15H17N3O2S. The van der Waals surface area contributed by atoms with Gasteiger partial charge in [-0.05, 0) is 19.4 Å². The minimum atomic E-state index is -0.498. The highest BCUT2D eigenvalue weighted by molar-refractivity contribution is 7.99. The third kappa shape index (κ3) is 3.95. The molecule has 0 aliphatic rings. The van der Waals surface area contributed by atoms with Gasteiger partial charge in [0.25, 0.3) is 0 Å². The molecule has 0 bridgehead atoms. The molecule has 0 radical (unpaired) electrons. The summed E-state index contributed by atoms with van der Waals surface area (Å²) in [5, 5.41) is 0.732. The van der Waals surface area contributed by atoms with Crippen molar-refractivity contribution in [1.29, 1.82) is 0 Å². The number of anilines is 1. The maximum absolute atomic E-state index is 11.6. The van der Waals surface area contributed by atoms with Gasteiger partial charge >= 0.3 is 5.97 Å². The van der Waals surface area contributed by atoms with Crippen LogP contribution in [-0.4, -0.2) is 22.5 Å². The van der Waals surface area contributed by atoms with Gasteiger partial charge in [-0.1, -0.05) is 42.1 Å². The molecule has 0 aliphatic carbocycles. The minimum absolute atomic E-state index is 0.145. The fourth-order valence-electron chi connectivity index (χ4n) is 1.75. The SMILES string of the molecule is CCOC(=O)c1cnc(SC(C)c2ccccc2)nc1N. The topological polar surface area (TPSA) is 78.1 Å². The van der Waals surface area contributed by atoms with Crippen LogP contribution in [0.4, 0.5) is 5.82 Å². The Morgan fingerprint density at radius 2 is 2.10 bits per heavy atom. The second-order valence-corrected chi connectivity index (χ2v) is 5.65. The number of nitrogen functional groups attached to an aromatic ring is 1. The van der Waals surface area contributed by atoms with Gasteiger partial charge in [0.1, 0.15) is 11.4 Å². The second kappa shape index (κ2) is 7.08. The zero-order valence-corrected chi connectivity index (χ0v) is 12.8. The Kier molecular flexibility index (Phi) is 5.16. The molecule has 2 N–H and O–H groups in total. The van der Waals surface area contributed by atoms with Crippen LogP contribution in [0.1, 0.15) is 35.0 Å². The molecule has 0 saturated carbocycles. The van der Waals surface area contributed by atoms with E-state index in [2.05, 4.69) is 16.9 Å².